The summed E-state index contributed by atoms with van der Waals surface area (Å²) in [4.78, 5) is 17.8. The molecular weight excluding hydrogens is 476 g/mol. The number of amides is 1. The van der Waals surface area contributed by atoms with Gasteiger partial charge in [-0.1, -0.05) is 22.0 Å². The summed E-state index contributed by atoms with van der Waals surface area (Å²) in [5.74, 6) is -0.507. The third-order valence-corrected chi connectivity index (χ3v) is 6.95. The second-order valence-corrected chi connectivity index (χ2v) is 10.3. The van der Waals surface area contributed by atoms with Crippen LogP contribution in [-0.4, -0.2) is 31.7 Å². The minimum Gasteiger partial charge on any atom is -0.494 e. The number of hydrogen-bond acceptors (Lipinski definition) is 6. The predicted molar refractivity (Wildman–Crippen MR) is 118 cm³/mol. The number of carbonyl (C=O) groups excluding carboxylic acids is 1. The number of anilines is 1. The van der Waals surface area contributed by atoms with Crippen molar-refractivity contribution in [3.63, 3.8) is 0 Å². The zero-order valence-corrected chi connectivity index (χ0v) is 19.0. The second kappa shape index (κ2) is 9.06. The quantitative estimate of drug-likeness (QED) is 0.514. The molecule has 0 aliphatic heterocycles. The molecule has 3 rings (SSSR count). The highest BCUT2D eigenvalue weighted by molar-refractivity contribution is 9.10. The Hall–Kier alpha value is -2.23. The molecule has 6 nitrogen and oxygen atoms in total. The number of aromatic nitrogens is 1. The van der Waals surface area contributed by atoms with Gasteiger partial charge in [-0.05, 0) is 56.3 Å². The van der Waals surface area contributed by atoms with Gasteiger partial charge in [-0.3, -0.25) is 4.79 Å². The highest BCUT2D eigenvalue weighted by atomic mass is 79.9. The Morgan fingerprint density at radius 3 is 2.59 bits per heavy atom. The van der Waals surface area contributed by atoms with Crippen molar-refractivity contribution in [1.82, 2.24) is 4.98 Å². The molecule has 0 saturated heterocycles. The number of nitrogens with zero attached hydrogens (tertiary/aromatic N) is 1. The SMILES string of the molecule is CCOc1ccc(-c2nc(NC(=O)CS(=O)(=O)c3cccc(Br)c3)sc2C)cc1. The minimum atomic E-state index is -3.75. The first kappa shape index (κ1) is 21.5. The molecule has 0 saturated carbocycles. The molecule has 0 bridgehead atoms. The van der Waals surface area contributed by atoms with Gasteiger partial charge >= 0.3 is 0 Å². The first-order valence-electron chi connectivity index (χ1n) is 8.77. The van der Waals surface area contributed by atoms with E-state index < -0.39 is 21.5 Å². The normalized spacial score (nSPS) is 11.3. The molecule has 0 radical (unpaired) electrons. The van der Waals surface area contributed by atoms with Crippen molar-refractivity contribution in [2.24, 2.45) is 0 Å². The number of thiazole rings is 1. The van der Waals surface area contributed by atoms with Gasteiger partial charge in [0.1, 0.15) is 11.5 Å². The van der Waals surface area contributed by atoms with Gasteiger partial charge in [0, 0.05) is 14.9 Å². The molecule has 3 aromatic rings. The monoisotopic (exact) mass is 494 g/mol. The maximum Gasteiger partial charge on any atom is 0.241 e. The van der Waals surface area contributed by atoms with Gasteiger partial charge in [-0.2, -0.15) is 0 Å². The van der Waals surface area contributed by atoms with Crippen LogP contribution in [0, 0.1) is 6.92 Å². The lowest BCUT2D eigenvalue weighted by atomic mass is 10.1. The van der Waals surface area contributed by atoms with Crippen molar-refractivity contribution in [2.45, 2.75) is 18.7 Å². The summed E-state index contributed by atoms with van der Waals surface area (Å²) in [5, 5.41) is 2.96. The molecule has 0 atom stereocenters. The van der Waals surface area contributed by atoms with Gasteiger partial charge in [0.25, 0.3) is 0 Å². The molecule has 1 aromatic heterocycles. The van der Waals surface area contributed by atoms with Crippen molar-refractivity contribution in [2.75, 3.05) is 17.7 Å². The summed E-state index contributed by atoms with van der Waals surface area (Å²) in [6.45, 7) is 4.41. The molecular formula is C20H19BrN2O4S2. The number of carbonyl (C=O) groups is 1. The molecule has 0 aliphatic rings. The summed E-state index contributed by atoms with van der Waals surface area (Å²) in [6, 6.07) is 13.8. The van der Waals surface area contributed by atoms with Crippen LogP contribution in [0.5, 0.6) is 5.75 Å². The Morgan fingerprint density at radius 1 is 1.21 bits per heavy atom. The van der Waals surface area contributed by atoms with Gasteiger partial charge in [0.2, 0.25) is 5.91 Å². The Kier molecular flexibility index (Phi) is 6.71. The Morgan fingerprint density at radius 2 is 1.93 bits per heavy atom. The average Bonchev–Trinajstić information content (AvgIpc) is 3.02. The van der Waals surface area contributed by atoms with Gasteiger partial charge in [0.15, 0.2) is 15.0 Å². The van der Waals surface area contributed by atoms with Crippen molar-refractivity contribution < 1.29 is 17.9 Å². The summed E-state index contributed by atoms with van der Waals surface area (Å²) < 4.78 is 31.0. The largest absolute Gasteiger partial charge is 0.494 e. The fraction of sp³-hybridized carbons (Fsp3) is 0.200. The summed E-state index contributed by atoms with van der Waals surface area (Å²) >= 11 is 4.54. The number of rotatable bonds is 7. The van der Waals surface area contributed by atoms with E-state index in [-0.39, 0.29) is 4.90 Å². The molecule has 1 amide bonds. The van der Waals surface area contributed by atoms with Crippen molar-refractivity contribution >= 4 is 48.1 Å². The summed E-state index contributed by atoms with van der Waals surface area (Å²) in [5.41, 5.74) is 1.63. The lowest BCUT2D eigenvalue weighted by Crippen LogP contribution is -2.23. The van der Waals surface area contributed by atoms with Crippen molar-refractivity contribution in [3.05, 3.63) is 57.9 Å². The fourth-order valence-corrected chi connectivity index (χ4v) is 5.24. The number of ether oxygens (including phenoxy) is 1. The highest BCUT2D eigenvalue weighted by Gasteiger charge is 2.21. The van der Waals surface area contributed by atoms with Crippen LogP contribution in [0.3, 0.4) is 0 Å². The lowest BCUT2D eigenvalue weighted by Gasteiger charge is -2.05. The van der Waals surface area contributed by atoms with Crippen LogP contribution in [0.4, 0.5) is 5.13 Å². The Labute approximate surface area is 182 Å². The maximum absolute atomic E-state index is 12.5. The number of benzene rings is 2. The number of nitrogens with one attached hydrogen (secondary N) is 1. The number of halogens is 1. The van der Waals surface area contributed by atoms with Crippen LogP contribution >= 0.6 is 27.3 Å². The van der Waals surface area contributed by atoms with E-state index in [2.05, 4.69) is 26.2 Å². The minimum absolute atomic E-state index is 0.0902. The molecule has 1 N–H and O–H groups in total. The Balaban J connectivity index is 1.72. The number of aryl methyl sites for hydroxylation is 1. The number of sulfone groups is 1. The zero-order chi connectivity index (χ0) is 21.0. The van der Waals surface area contributed by atoms with E-state index >= 15 is 0 Å². The third-order valence-electron chi connectivity index (χ3n) is 3.96. The third kappa shape index (κ3) is 5.43. The molecule has 0 unspecified atom stereocenters. The molecule has 9 heteroatoms. The van der Waals surface area contributed by atoms with Gasteiger partial charge in [-0.15, -0.1) is 11.3 Å². The number of hydrogen-bond donors (Lipinski definition) is 1. The first-order valence-corrected chi connectivity index (χ1v) is 12.0. The fourth-order valence-electron chi connectivity index (χ4n) is 2.67. The lowest BCUT2D eigenvalue weighted by molar-refractivity contribution is -0.113. The standard InChI is InChI=1S/C20H19BrN2O4S2/c1-3-27-16-9-7-14(8-10-16)19-13(2)28-20(23-19)22-18(24)12-29(25,26)17-6-4-5-15(21)11-17/h4-11H,3,12H2,1-2H3,(H,22,23,24). The van der Waals surface area contributed by atoms with E-state index in [1.807, 2.05) is 38.1 Å². The van der Waals surface area contributed by atoms with Gasteiger partial charge in [0.05, 0.1) is 17.2 Å². The summed E-state index contributed by atoms with van der Waals surface area (Å²) in [7, 11) is -3.75. The predicted octanol–water partition coefficient (Wildman–Crippen LogP) is 4.69. The van der Waals surface area contributed by atoms with Crippen LogP contribution in [0.25, 0.3) is 11.3 Å². The topological polar surface area (TPSA) is 85.4 Å². The van der Waals surface area contributed by atoms with Crippen molar-refractivity contribution in [1.29, 1.82) is 0 Å². The van der Waals surface area contributed by atoms with E-state index in [0.717, 1.165) is 21.9 Å². The van der Waals surface area contributed by atoms with Crippen LogP contribution < -0.4 is 10.1 Å². The van der Waals surface area contributed by atoms with Crippen LogP contribution in [0.15, 0.2) is 57.9 Å². The van der Waals surface area contributed by atoms with E-state index in [1.54, 1.807) is 12.1 Å². The van der Waals surface area contributed by atoms with E-state index in [1.165, 1.54) is 23.5 Å². The molecule has 2 aromatic carbocycles. The smallest absolute Gasteiger partial charge is 0.241 e. The molecule has 29 heavy (non-hydrogen) atoms. The molecule has 0 fully saturated rings. The van der Waals surface area contributed by atoms with E-state index in [4.69, 9.17) is 4.74 Å². The van der Waals surface area contributed by atoms with Gasteiger partial charge < -0.3 is 10.1 Å². The average molecular weight is 495 g/mol. The molecule has 152 valence electrons. The molecule has 0 spiro atoms. The maximum atomic E-state index is 12.5. The van der Waals surface area contributed by atoms with Gasteiger partial charge in [-0.25, -0.2) is 13.4 Å². The van der Waals surface area contributed by atoms with Crippen LogP contribution in [-0.2, 0) is 14.6 Å². The zero-order valence-electron chi connectivity index (χ0n) is 15.8. The highest BCUT2D eigenvalue weighted by Crippen LogP contribution is 2.31. The van der Waals surface area contributed by atoms with E-state index in [0.29, 0.717) is 16.2 Å². The first-order chi connectivity index (χ1) is 13.8. The Bertz CT molecular complexity index is 1130. The molecule has 1 heterocycles. The van der Waals surface area contributed by atoms with Crippen molar-refractivity contribution in [3.8, 4) is 17.0 Å². The summed E-state index contributed by atoms with van der Waals surface area (Å²) in [6.07, 6.45) is 0. The van der Waals surface area contributed by atoms with E-state index in [9.17, 15) is 13.2 Å². The van der Waals surface area contributed by atoms with Crippen LogP contribution in [0.2, 0.25) is 0 Å². The van der Waals surface area contributed by atoms with Crippen LogP contribution in [0.1, 0.15) is 11.8 Å². The second-order valence-electron chi connectivity index (χ2n) is 6.15. The molecule has 0 aliphatic carbocycles.